The van der Waals surface area contributed by atoms with E-state index in [1.165, 1.54) is 0 Å². The van der Waals surface area contributed by atoms with Gasteiger partial charge in [0.2, 0.25) is 22.8 Å². The van der Waals surface area contributed by atoms with Crippen LogP contribution in [0.2, 0.25) is 0 Å². The summed E-state index contributed by atoms with van der Waals surface area (Å²) in [5.74, 6) is -2.72. The van der Waals surface area contributed by atoms with E-state index in [0.29, 0.717) is 17.7 Å². The van der Waals surface area contributed by atoms with Crippen molar-refractivity contribution in [1.82, 2.24) is 15.6 Å². The number of rotatable bonds is 41. The van der Waals surface area contributed by atoms with Crippen molar-refractivity contribution in [1.29, 1.82) is 0 Å². The van der Waals surface area contributed by atoms with Crippen LogP contribution in [0.4, 0.5) is 32.0 Å². The number of unbranched alkanes of at least 4 members (excludes halogenated alkanes) is 2. The van der Waals surface area contributed by atoms with Crippen molar-refractivity contribution in [3.05, 3.63) is 42.5 Å². The fourth-order valence-corrected chi connectivity index (χ4v) is 9.76. The maximum absolute atomic E-state index is 12.9. The van der Waals surface area contributed by atoms with Crippen LogP contribution in [-0.2, 0) is 75.4 Å². The first-order valence-corrected chi connectivity index (χ1v) is 29.9. The number of carbonyl (C=O) groups is 3. The Morgan fingerprint density at radius 1 is 0.615 bits per heavy atom. The summed E-state index contributed by atoms with van der Waals surface area (Å²) in [6.07, 6.45) is -14.8. The smallest absolute Gasteiger partial charge is 0.396 e. The van der Waals surface area contributed by atoms with E-state index in [0.717, 1.165) is 16.6 Å². The Bertz CT molecular complexity index is 2510. The average Bonchev–Trinajstić information content (AvgIpc) is 3.38. The van der Waals surface area contributed by atoms with Gasteiger partial charge in [0.05, 0.1) is 59.1 Å². The maximum atomic E-state index is 12.9. The normalized spacial score (nSPS) is 16.2. The van der Waals surface area contributed by atoms with Crippen molar-refractivity contribution in [2.24, 2.45) is 5.92 Å². The Morgan fingerprint density at radius 2 is 1.12 bits per heavy atom. The average molecular weight is 1210 g/mol. The molecule has 36 heteroatoms. The first-order valence-electron chi connectivity index (χ1n) is 23.9. The molecule has 0 aliphatic heterocycles. The zero-order valence-electron chi connectivity index (χ0n) is 41.7. The molecule has 0 saturated heterocycles. The molecule has 2 aromatic carbocycles. The third kappa shape index (κ3) is 29.7. The number of alkyl halides is 6. The first kappa shape index (κ1) is 68.7. The highest BCUT2D eigenvalue weighted by Gasteiger charge is 2.33. The minimum absolute atomic E-state index is 0.00444. The third-order valence-electron chi connectivity index (χ3n) is 10.3. The minimum Gasteiger partial charge on any atom is -0.396 e. The maximum Gasteiger partial charge on any atom is 0.472 e. The number of aliphatic hydroxyl groups excluding tert-OH is 2. The molecule has 3 rings (SSSR count). The van der Waals surface area contributed by atoms with Crippen LogP contribution in [-0.4, -0.2) is 150 Å². The van der Waals surface area contributed by atoms with E-state index in [-0.39, 0.29) is 70.3 Å². The molecule has 0 fully saturated rings. The van der Waals surface area contributed by atoms with Crippen molar-refractivity contribution >= 4 is 76.6 Å². The van der Waals surface area contributed by atoms with Crippen LogP contribution in [0, 0.1) is 5.92 Å². The Labute approximate surface area is 442 Å². The predicted octanol–water partition coefficient (Wildman–Crippen LogP) is 5.42. The van der Waals surface area contributed by atoms with Gasteiger partial charge in [0.25, 0.3) is 0 Å². The molecule has 444 valence electrons. The van der Waals surface area contributed by atoms with E-state index in [1.54, 1.807) is 12.1 Å². The fourth-order valence-electron chi connectivity index (χ4n) is 6.58. The Kier molecular flexibility index (Phi) is 29.4. The van der Waals surface area contributed by atoms with Gasteiger partial charge in [-0.25, -0.2) is 23.2 Å². The van der Waals surface area contributed by atoms with Crippen LogP contribution in [0.3, 0.4) is 0 Å². The number of para-hydroxylation sites is 2. The first-order chi connectivity index (χ1) is 36.5. The zero-order valence-corrected chi connectivity index (χ0v) is 45.3. The third-order valence-corrected chi connectivity index (χ3v) is 14.4. The monoisotopic (exact) mass is 1210 g/mol. The van der Waals surface area contributed by atoms with Gasteiger partial charge in [-0.15, -0.1) is 0 Å². The van der Waals surface area contributed by atoms with Crippen LogP contribution < -0.4 is 20.5 Å². The van der Waals surface area contributed by atoms with Crippen molar-refractivity contribution in [2.75, 3.05) is 84.4 Å². The molecule has 78 heavy (non-hydrogen) atoms. The fraction of sp³-hybridized carbons (Fsp3) is 0.643. The number of amides is 2. The van der Waals surface area contributed by atoms with Gasteiger partial charge < -0.3 is 45.7 Å². The molecule has 5 atom stereocenters. The van der Waals surface area contributed by atoms with Gasteiger partial charge in [0.1, 0.15) is 29.5 Å². The number of phosphoric ester groups is 4. The molecule has 3 aromatic rings. The summed E-state index contributed by atoms with van der Waals surface area (Å²) >= 11 is 0. The summed E-state index contributed by atoms with van der Waals surface area (Å²) in [6, 6.07) is 12.9. The Hall–Kier alpha value is -3.61. The number of aliphatic hydroxyl groups is 2. The van der Waals surface area contributed by atoms with Crippen molar-refractivity contribution in [3.63, 3.8) is 0 Å². The topological polar surface area (TPSA) is 368 Å². The molecule has 0 radical (unpaired) electrons. The number of hydrogen-bond acceptors (Lipinski definition) is 19. The lowest BCUT2D eigenvalue weighted by Crippen LogP contribution is -2.41. The van der Waals surface area contributed by atoms with Gasteiger partial charge in [-0.05, 0) is 43.9 Å². The van der Waals surface area contributed by atoms with E-state index in [4.69, 9.17) is 18.1 Å². The van der Waals surface area contributed by atoms with E-state index >= 15 is 0 Å². The van der Waals surface area contributed by atoms with Gasteiger partial charge in [0, 0.05) is 75.7 Å². The number of fused-ring (bicyclic) bond motifs is 2. The number of hydrogen-bond donors (Lipinski definition) is 9. The molecule has 0 saturated carbocycles. The highest BCUT2D eigenvalue weighted by molar-refractivity contribution is 7.48. The van der Waals surface area contributed by atoms with E-state index in [9.17, 15) is 88.8 Å². The predicted molar refractivity (Wildman–Crippen MR) is 261 cm³/mol. The number of carbonyl (C=O) groups excluding carboxylic acids is 3. The number of ketones is 1. The minimum atomic E-state index is -5.15. The largest absolute Gasteiger partial charge is 0.472 e. The van der Waals surface area contributed by atoms with Gasteiger partial charge in [-0.3, -0.25) is 50.6 Å². The molecule has 5 unspecified atom stereocenters. The lowest BCUT2D eigenvalue weighted by atomic mass is 10.0. The second-order valence-electron chi connectivity index (χ2n) is 16.8. The molecule has 1 heterocycles. The molecule has 2 amide bonds. The van der Waals surface area contributed by atoms with E-state index in [2.05, 4.69) is 39.0 Å². The number of benzene rings is 2. The van der Waals surface area contributed by atoms with Crippen LogP contribution >= 0.6 is 31.3 Å². The molecule has 0 spiro atoms. The highest BCUT2D eigenvalue weighted by atomic mass is 31.2. The molecule has 1 aromatic heterocycles. The molecule has 0 aliphatic rings. The second-order valence-corrected chi connectivity index (χ2v) is 22.6. The molecule has 0 bridgehead atoms. The number of nitrogens with one attached hydrogen (secondary N) is 3. The molecule has 0 aliphatic carbocycles. The van der Waals surface area contributed by atoms with Crippen LogP contribution in [0.15, 0.2) is 42.5 Å². The Balaban J connectivity index is 1.45. The lowest BCUT2D eigenvalue weighted by Gasteiger charge is -2.22. The van der Waals surface area contributed by atoms with Gasteiger partial charge in [0.15, 0.2) is 6.54 Å². The number of halogens is 6. The van der Waals surface area contributed by atoms with Gasteiger partial charge in [-0.2, -0.15) is 30.9 Å². The van der Waals surface area contributed by atoms with E-state index in [1.807, 2.05) is 34.9 Å². The SMILES string of the molecule is O=C(CCNc1ccc2nc3ccccc3[n+](CCO)c2c1)CC(CO)COP(=O)(O)OCCOP(=O)(O)OC(CNC(=O)CCCCOP(=O)(O)OCCC(F)(F)F)CNC(=O)CCCCOP(=O)(O)OCCC(F)(F)F. The van der Waals surface area contributed by atoms with Crippen molar-refractivity contribution in [3.8, 4) is 0 Å². The van der Waals surface area contributed by atoms with Crippen LogP contribution in [0.25, 0.3) is 22.1 Å². The van der Waals surface area contributed by atoms with Gasteiger partial charge >= 0.3 is 43.6 Å². The highest BCUT2D eigenvalue weighted by Crippen LogP contribution is 2.47. The number of phosphoric acid groups is 4. The molecular formula is C42H64F6N5O21P4+. The summed E-state index contributed by atoms with van der Waals surface area (Å²) in [5.41, 5.74) is 3.66. The van der Waals surface area contributed by atoms with E-state index < -0.39 is 146 Å². The van der Waals surface area contributed by atoms with Crippen LogP contribution in [0.5, 0.6) is 0 Å². The molecule has 9 N–H and O–H groups in total. The summed E-state index contributed by atoms with van der Waals surface area (Å²) in [5, 5.41) is 27.4. The molecule has 26 nitrogen and oxygen atoms in total. The lowest BCUT2D eigenvalue weighted by molar-refractivity contribution is -0.647. The standard InChI is InChI=1S/C42H63F6N5O21P4/c43-41(44,45)14-21-69-75(59,60)67-19-5-3-9-39(57)50-27-34(28-51-40(58)10-4-6-20-68-76(61,62)70-22-15-42(46,47)48)74-78(65,66)72-24-23-71-77(63,64)73-30-31(29-55)25-33(56)13-16-49-32-11-12-36-38(26-32)53(17-18-54)37-8-2-1-7-35(37)52-36/h1-2,7-8,11-12,26,31,34,54-55H,3-6,9-10,13-25,27-30H2,(H6,50,51,57,58,59,60,61,62,63,64,65,66)/p+1. The number of anilines is 1. The summed E-state index contributed by atoms with van der Waals surface area (Å²) in [6.45, 7) is -7.04. The van der Waals surface area contributed by atoms with Crippen LogP contribution in [0.1, 0.15) is 64.2 Å². The zero-order chi connectivity index (χ0) is 58.0. The molecular weight excluding hydrogens is 1150 g/mol. The summed E-state index contributed by atoms with van der Waals surface area (Å²) in [4.78, 5) is 82.2. The number of aromatic nitrogens is 2. The summed E-state index contributed by atoms with van der Waals surface area (Å²) < 4.78 is 162. The second kappa shape index (κ2) is 33.3. The van der Waals surface area contributed by atoms with Crippen molar-refractivity contribution < 1.29 is 130 Å². The number of nitrogens with zero attached hydrogens (tertiary/aromatic N) is 2. The number of Topliss-reactive ketones (excluding diaryl/α,β-unsaturated/α-hetero) is 1. The van der Waals surface area contributed by atoms with Gasteiger partial charge in [-0.1, -0.05) is 12.1 Å². The Morgan fingerprint density at radius 3 is 1.65 bits per heavy atom. The van der Waals surface area contributed by atoms with Crippen molar-refractivity contribution in [2.45, 2.75) is 89.2 Å². The summed E-state index contributed by atoms with van der Waals surface area (Å²) in [7, 11) is -19.7. The quantitative estimate of drug-likeness (QED) is 0.0113.